The molecule has 2 aromatic carbocycles. The molecule has 0 atom stereocenters. The molecule has 0 unspecified atom stereocenters. The first-order valence-electron chi connectivity index (χ1n) is 9.59. The van der Waals surface area contributed by atoms with Crippen LogP contribution in [-0.2, 0) is 6.61 Å². The van der Waals surface area contributed by atoms with Gasteiger partial charge in [0, 0.05) is 21.4 Å². The fourth-order valence-corrected chi connectivity index (χ4v) is 4.42. The molecule has 31 heavy (non-hydrogen) atoms. The molecule has 4 rings (SSSR count). The van der Waals surface area contributed by atoms with Crippen LogP contribution in [0.4, 0.5) is 5.13 Å². The van der Waals surface area contributed by atoms with Crippen LogP contribution >= 0.6 is 22.7 Å². The monoisotopic (exact) mass is 451 g/mol. The SMILES string of the molecule is COc1ccc(-c2nc(NC(=O)c3cccc(OCc4csc(C)n4)c3)sc2C)cc1. The standard InChI is InChI=1S/C23H21N3O3S2/c1-14-21(16-7-9-19(28-3)10-8-16)25-23(31-14)26-22(27)17-5-4-6-20(11-17)29-12-18-13-30-15(2)24-18/h4-11,13H,12H2,1-3H3,(H,25,26,27). The number of nitrogens with zero attached hydrogens (tertiary/aromatic N) is 2. The molecule has 4 aromatic rings. The first-order chi connectivity index (χ1) is 15.0. The summed E-state index contributed by atoms with van der Waals surface area (Å²) in [6, 6.07) is 14.8. The van der Waals surface area contributed by atoms with Crippen LogP contribution in [0.3, 0.4) is 0 Å². The van der Waals surface area contributed by atoms with Crippen LogP contribution in [0, 0.1) is 13.8 Å². The molecule has 0 saturated heterocycles. The van der Waals surface area contributed by atoms with Crippen molar-refractivity contribution in [1.82, 2.24) is 9.97 Å². The molecule has 8 heteroatoms. The normalized spacial score (nSPS) is 10.7. The minimum absolute atomic E-state index is 0.231. The van der Waals surface area contributed by atoms with Gasteiger partial charge in [0.15, 0.2) is 5.13 Å². The maximum Gasteiger partial charge on any atom is 0.257 e. The van der Waals surface area contributed by atoms with Crippen molar-refractivity contribution in [2.24, 2.45) is 0 Å². The Labute approximate surface area is 188 Å². The number of hydrogen-bond acceptors (Lipinski definition) is 7. The van der Waals surface area contributed by atoms with Crippen molar-refractivity contribution < 1.29 is 14.3 Å². The second-order valence-corrected chi connectivity index (χ2v) is 9.05. The van der Waals surface area contributed by atoms with E-state index < -0.39 is 0 Å². The molecule has 0 aliphatic rings. The minimum atomic E-state index is -0.231. The third-order valence-electron chi connectivity index (χ3n) is 4.53. The molecule has 0 saturated carbocycles. The highest BCUT2D eigenvalue weighted by Gasteiger charge is 2.14. The fraction of sp³-hybridized carbons (Fsp3) is 0.174. The van der Waals surface area contributed by atoms with E-state index in [1.807, 2.05) is 49.6 Å². The lowest BCUT2D eigenvalue weighted by Crippen LogP contribution is -2.11. The van der Waals surface area contributed by atoms with Gasteiger partial charge in [-0.2, -0.15) is 0 Å². The first-order valence-corrected chi connectivity index (χ1v) is 11.3. The Morgan fingerprint density at radius 1 is 1.06 bits per heavy atom. The Morgan fingerprint density at radius 2 is 1.87 bits per heavy atom. The van der Waals surface area contributed by atoms with E-state index in [0.717, 1.165) is 32.6 Å². The van der Waals surface area contributed by atoms with Crippen LogP contribution in [0.25, 0.3) is 11.3 Å². The van der Waals surface area contributed by atoms with Crippen LogP contribution in [0.5, 0.6) is 11.5 Å². The average molecular weight is 452 g/mol. The number of hydrogen-bond donors (Lipinski definition) is 1. The van der Waals surface area contributed by atoms with Crippen LogP contribution < -0.4 is 14.8 Å². The highest BCUT2D eigenvalue weighted by molar-refractivity contribution is 7.16. The molecule has 6 nitrogen and oxygen atoms in total. The highest BCUT2D eigenvalue weighted by Crippen LogP contribution is 2.31. The maximum absolute atomic E-state index is 12.8. The van der Waals surface area contributed by atoms with E-state index in [1.165, 1.54) is 11.3 Å². The van der Waals surface area contributed by atoms with Crippen molar-refractivity contribution in [3.63, 3.8) is 0 Å². The van der Waals surface area contributed by atoms with E-state index in [2.05, 4.69) is 15.3 Å². The van der Waals surface area contributed by atoms with Crippen molar-refractivity contribution in [2.45, 2.75) is 20.5 Å². The second kappa shape index (κ2) is 9.28. The number of carbonyl (C=O) groups is 1. The van der Waals surface area contributed by atoms with Gasteiger partial charge in [0.25, 0.3) is 5.91 Å². The molecular formula is C23H21N3O3S2. The summed E-state index contributed by atoms with van der Waals surface area (Å²) in [5.74, 6) is 1.18. The summed E-state index contributed by atoms with van der Waals surface area (Å²) < 4.78 is 11.0. The quantitative estimate of drug-likeness (QED) is 0.389. The van der Waals surface area contributed by atoms with Gasteiger partial charge in [-0.1, -0.05) is 6.07 Å². The molecule has 1 amide bonds. The van der Waals surface area contributed by atoms with Gasteiger partial charge in [-0.15, -0.1) is 22.7 Å². The van der Waals surface area contributed by atoms with Gasteiger partial charge in [0.2, 0.25) is 0 Å². The second-order valence-electron chi connectivity index (χ2n) is 6.78. The number of nitrogens with one attached hydrogen (secondary N) is 1. The van der Waals surface area contributed by atoms with E-state index >= 15 is 0 Å². The summed E-state index contributed by atoms with van der Waals surface area (Å²) in [5.41, 5.74) is 3.20. The zero-order chi connectivity index (χ0) is 21.8. The average Bonchev–Trinajstić information content (AvgIpc) is 3.37. The molecule has 0 spiro atoms. The lowest BCUT2D eigenvalue weighted by Gasteiger charge is -2.07. The molecule has 2 heterocycles. The Hall–Kier alpha value is -3.23. The zero-order valence-electron chi connectivity index (χ0n) is 17.3. The number of amides is 1. The molecule has 0 aliphatic heterocycles. The smallest absolute Gasteiger partial charge is 0.257 e. The molecular weight excluding hydrogens is 430 g/mol. The lowest BCUT2D eigenvalue weighted by atomic mass is 10.1. The Morgan fingerprint density at radius 3 is 2.58 bits per heavy atom. The summed E-state index contributed by atoms with van der Waals surface area (Å²) in [4.78, 5) is 22.8. The summed E-state index contributed by atoms with van der Waals surface area (Å²) in [5, 5.41) is 6.42. The van der Waals surface area contributed by atoms with Gasteiger partial charge in [-0.05, 0) is 56.3 Å². The van der Waals surface area contributed by atoms with Crippen molar-refractivity contribution >= 4 is 33.7 Å². The third-order valence-corrected chi connectivity index (χ3v) is 6.24. The van der Waals surface area contributed by atoms with E-state index in [0.29, 0.717) is 23.1 Å². The summed E-state index contributed by atoms with van der Waals surface area (Å²) in [7, 11) is 1.64. The molecule has 0 radical (unpaired) electrons. The number of anilines is 1. The molecule has 1 N–H and O–H groups in total. The number of ether oxygens (including phenoxy) is 2. The van der Waals surface area contributed by atoms with Crippen molar-refractivity contribution in [1.29, 1.82) is 0 Å². The van der Waals surface area contributed by atoms with E-state index in [1.54, 1.807) is 36.6 Å². The first kappa shape index (κ1) is 21.0. The van der Waals surface area contributed by atoms with Crippen LogP contribution in [0.1, 0.15) is 25.9 Å². The number of methoxy groups -OCH3 is 1. The largest absolute Gasteiger partial charge is 0.497 e. The van der Waals surface area contributed by atoms with Crippen molar-refractivity contribution in [3.05, 3.63) is 75.1 Å². The van der Waals surface area contributed by atoms with Crippen molar-refractivity contribution in [2.75, 3.05) is 12.4 Å². The van der Waals surface area contributed by atoms with Crippen LogP contribution in [-0.4, -0.2) is 23.0 Å². The Kier molecular flexibility index (Phi) is 6.29. The molecule has 0 aliphatic carbocycles. The highest BCUT2D eigenvalue weighted by atomic mass is 32.1. The Balaban J connectivity index is 1.44. The maximum atomic E-state index is 12.8. The summed E-state index contributed by atoms with van der Waals surface area (Å²) >= 11 is 3.03. The van der Waals surface area contributed by atoms with Gasteiger partial charge in [-0.25, -0.2) is 9.97 Å². The number of carbonyl (C=O) groups excluding carboxylic acids is 1. The van der Waals surface area contributed by atoms with Gasteiger partial charge >= 0.3 is 0 Å². The van der Waals surface area contributed by atoms with E-state index in [-0.39, 0.29) is 5.91 Å². The van der Waals surface area contributed by atoms with E-state index in [9.17, 15) is 4.79 Å². The number of benzene rings is 2. The predicted octanol–water partition coefficient (Wildman–Crippen LogP) is 5.72. The van der Waals surface area contributed by atoms with Gasteiger partial charge in [0.1, 0.15) is 18.1 Å². The predicted molar refractivity (Wildman–Crippen MR) is 124 cm³/mol. The zero-order valence-corrected chi connectivity index (χ0v) is 19.0. The lowest BCUT2D eigenvalue weighted by molar-refractivity contribution is 0.102. The Bertz CT molecular complexity index is 1200. The number of aromatic nitrogens is 2. The van der Waals surface area contributed by atoms with Crippen molar-refractivity contribution in [3.8, 4) is 22.8 Å². The molecule has 2 aromatic heterocycles. The fourth-order valence-electron chi connectivity index (χ4n) is 2.99. The number of thiazole rings is 2. The molecule has 0 bridgehead atoms. The third kappa shape index (κ3) is 5.10. The van der Waals surface area contributed by atoms with E-state index in [4.69, 9.17) is 9.47 Å². The van der Waals surface area contributed by atoms with Crippen LogP contribution in [0.15, 0.2) is 53.9 Å². The topological polar surface area (TPSA) is 73.3 Å². The van der Waals surface area contributed by atoms with Gasteiger partial charge < -0.3 is 9.47 Å². The molecule has 0 fully saturated rings. The van der Waals surface area contributed by atoms with Gasteiger partial charge in [-0.3, -0.25) is 10.1 Å². The number of aryl methyl sites for hydroxylation is 2. The van der Waals surface area contributed by atoms with Crippen LogP contribution in [0.2, 0.25) is 0 Å². The number of rotatable bonds is 7. The van der Waals surface area contributed by atoms with Gasteiger partial charge in [0.05, 0.1) is 23.5 Å². The minimum Gasteiger partial charge on any atom is -0.497 e. The summed E-state index contributed by atoms with van der Waals surface area (Å²) in [6.45, 7) is 4.31. The molecule has 158 valence electrons. The summed E-state index contributed by atoms with van der Waals surface area (Å²) in [6.07, 6.45) is 0.